The van der Waals surface area contributed by atoms with Crippen molar-refractivity contribution in [2.24, 2.45) is 0 Å². The van der Waals surface area contributed by atoms with Crippen LogP contribution in [0.15, 0.2) is 72.4 Å². The maximum absolute atomic E-state index is 14.5. The summed E-state index contributed by atoms with van der Waals surface area (Å²) < 4.78 is 20.2. The molecule has 0 bridgehead atoms. The van der Waals surface area contributed by atoms with E-state index in [1.807, 2.05) is 39.0 Å². The third-order valence-corrected chi connectivity index (χ3v) is 5.42. The summed E-state index contributed by atoms with van der Waals surface area (Å²) in [5.41, 5.74) is 3.35. The monoisotopic (exact) mass is 430 g/mol. The van der Waals surface area contributed by atoms with Gasteiger partial charge in [0.15, 0.2) is 0 Å². The van der Waals surface area contributed by atoms with Crippen LogP contribution in [0.4, 0.5) is 15.8 Å². The molecule has 1 aliphatic rings. The number of hydrogen-bond donors (Lipinski definition) is 1. The van der Waals surface area contributed by atoms with Gasteiger partial charge in [0.05, 0.1) is 23.6 Å². The average molecular weight is 430 g/mol. The van der Waals surface area contributed by atoms with Crippen molar-refractivity contribution in [1.82, 2.24) is 0 Å². The largest absolute Gasteiger partial charge is 0.492 e. The number of rotatable bonds is 6. The number of nitrogens with zero attached hydrogens (tertiary/aromatic N) is 1. The zero-order valence-corrected chi connectivity index (χ0v) is 18.1. The molecule has 4 rings (SSSR count). The second-order valence-electron chi connectivity index (χ2n) is 7.50. The van der Waals surface area contributed by atoms with Crippen molar-refractivity contribution in [2.75, 3.05) is 16.8 Å². The molecule has 32 heavy (non-hydrogen) atoms. The van der Waals surface area contributed by atoms with Crippen LogP contribution in [-0.2, 0) is 9.59 Å². The number of nitrogens with one attached hydrogen (secondary N) is 1. The highest BCUT2D eigenvalue weighted by atomic mass is 19.1. The van der Waals surface area contributed by atoms with E-state index in [0.29, 0.717) is 23.6 Å². The summed E-state index contributed by atoms with van der Waals surface area (Å²) >= 11 is 0. The molecule has 0 fully saturated rings. The van der Waals surface area contributed by atoms with Crippen molar-refractivity contribution in [1.29, 1.82) is 0 Å². The molecule has 0 atom stereocenters. The minimum Gasteiger partial charge on any atom is -0.492 e. The number of halogens is 1. The molecule has 0 spiro atoms. The molecule has 1 aliphatic heterocycles. The molecule has 3 aromatic carbocycles. The van der Waals surface area contributed by atoms with E-state index >= 15 is 0 Å². The van der Waals surface area contributed by atoms with Gasteiger partial charge in [0.25, 0.3) is 11.8 Å². The number of para-hydroxylation sites is 3. The second-order valence-corrected chi connectivity index (χ2v) is 7.50. The van der Waals surface area contributed by atoms with Gasteiger partial charge in [-0.3, -0.25) is 9.59 Å². The van der Waals surface area contributed by atoms with Crippen LogP contribution in [0.3, 0.4) is 0 Å². The Kier molecular flexibility index (Phi) is 5.77. The molecule has 2 amide bonds. The van der Waals surface area contributed by atoms with Crippen molar-refractivity contribution in [3.05, 3.63) is 94.9 Å². The number of carbonyl (C=O) groups is 2. The SMILES string of the molecule is CCOc1ccccc1NC1=C(c2ccc(C)c(C)c2)C(=O)N(c2ccccc2F)C1=O. The summed E-state index contributed by atoms with van der Waals surface area (Å²) in [5, 5.41) is 3.10. The minimum absolute atomic E-state index is 0.0775. The Morgan fingerprint density at radius 2 is 1.62 bits per heavy atom. The van der Waals surface area contributed by atoms with Gasteiger partial charge in [0.1, 0.15) is 17.3 Å². The van der Waals surface area contributed by atoms with Crippen LogP contribution in [0.2, 0.25) is 0 Å². The first kappa shape index (κ1) is 21.3. The summed E-state index contributed by atoms with van der Waals surface area (Å²) in [5.74, 6) is -1.31. The molecule has 3 aromatic rings. The molecule has 0 radical (unpaired) electrons. The predicted octanol–water partition coefficient (Wildman–Crippen LogP) is 5.24. The molecule has 0 aromatic heterocycles. The zero-order valence-electron chi connectivity index (χ0n) is 18.1. The van der Waals surface area contributed by atoms with Crippen LogP contribution < -0.4 is 15.0 Å². The number of benzene rings is 3. The Hall–Kier alpha value is -3.93. The predicted molar refractivity (Wildman–Crippen MR) is 123 cm³/mol. The maximum atomic E-state index is 14.5. The van der Waals surface area contributed by atoms with Gasteiger partial charge in [0.2, 0.25) is 0 Å². The van der Waals surface area contributed by atoms with Gasteiger partial charge in [-0.1, -0.05) is 42.5 Å². The Bertz CT molecular complexity index is 1250. The first-order valence-corrected chi connectivity index (χ1v) is 10.4. The van der Waals surface area contributed by atoms with E-state index in [4.69, 9.17) is 4.74 Å². The molecule has 1 heterocycles. The molecule has 162 valence electrons. The fourth-order valence-corrected chi connectivity index (χ4v) is 3.65. The van der Waals surface area contributed by atoms with E-state index in [0.717, 1.165) is 16.0 Å². The number of carbonyl (C=O) groups excluding carboxylic acids is 2. The third-order valence-electron chi connectivity index (χ3n) is 5.42. The van der Waals surface area contributed by atoms with Crippen LogP contribution in [0, 0.1) is 19.7 Å². The highest BCUT2D eigenvalue weighted by Crippen LogP contribution is 2.36. The molecule has 1 N–H and O–H groups in total. The highest BCUT2D eigenvalue weighted by molar-refractivity contribution is 6.46. The smallest absolute Gasteiger partial charge is 0.282 e. The Balaban J connectivity index is 1.87. The fraction of sp³-hybridized carbons (Fsp3) is 0.154. The zero-order chi connectivity index (χ0) is 22.8. The summed E-state index contributed by atoms with van der Waals surface area (Å²) in [6.07, 6.45) is 0. The van der Waals surface area contributed by atoms with Crippen molar-refractivity contribution in [3.63, 3.8) is 0 Å². The summed E-state index contributed by atoms with van der Waals surface area (Å²) in [7, 11) is 0. The topological polar surface area (TPSA) is 58.6 Å². The number of aryl methyl sites for hydroxylation is 2. The number of amides is 2. The van der Waals surface area contributed by atoms with E-state index < -0.39 is 17.6 Å². The molecular formula is C26H23FN2O3. The van der Waals surface area contributed by atoms with E-state index in [1.165, 1.54) is 18.2 Å². The number of ether oxygens (including phenoxy) is 1. The van der Waals surface area contributed by atoms with E-state index in [9.17, 15) is 14.0 Å². The lowest BCUT2D eigenvalue weighted by Crippen LogP contribution is -2.33. The van der Waals surface area contributed by atoms with Gasteiger partial charge in [-0.15, -0.1) is 0 Å². The van der Waals surface area contributed by atoms with Gasteiger partial charge in [-0.2, -0.15) is 0 Å². The molecule has 0 unspecified atom stereocenters. The number of imide groups is 1. The molecule has 0 saturated heterocycles. The molecule has 0 aliphatic carbocycles. The van der Waals surface area contributed by atoms with Gasteiger partial charge in [-0.25, -0.2) is 9.29 Å². The quantitative estimate of drug-likeness (QED) is 0.544. The molecule has 0 saturated carbocycles. The van der Waals surface area contributed by atoms with Gasteiger partial charge in [0, 0.05) is 0 Å². The number of hydrogen-bond acceptors (Lipinski definition) is 4. The van der Waals surface area contributed by atoms with E-state index in [1.54, 1.807) is 30.3 Å². The van der Waals surface area contributed by atoms with Gasteiger partial charge >= 0.3 is 0 Å². The van der Waals surface area contributed by atoms with Crippen molar-refractivity contribution in [2.45, 2.75) is 20.8 Å². The molecular weight excluding hydrogens is 407 g/mol. The Morgan fingerprint density at radius 3 is 2.34 bits per heavy atom. The van der Waals surface area contributed by atoms with E-state index in [-0.39, 0.29) is 17.0 Å². The summed E-state index contributed by atoms with van der Waals surface area (Å²) in [6, 6.07) is 18.5. The highest BCUT2D eigenvalue weighted by Gasteiger charge is 2.41. The van der Waals surface area contributed by atoms with Gasteiger partial charge < -0.3 is 10.1 Å². The van der Waals surface area contributed by atoms with Crippen LogP contribution >= 0.6 is 0 Å². The van der Waals surface area contributed by atoms with Crippen molar-refractivity contribution in [3.8, 4) is 5.75 Å². The lowest BCUT2D eigenvalue weighted by Gasteiger charge is -2.16. The van der Waals surface area contributed by atoms with Crippen molar-refractivity contribution >= 4 is 28.8 Å². The number of anilines is 2. The minimum atomic E-state index is -0.649. The molecule has 5 nitrogen and oxygen atoms in total. The molecule has 6 heteroatoms. The van der Waals surface area contributed by atoms with Crippen LogP contribution in [0.1, 0.15) is 23.6 Å². The average Bonchev–Trinajstić information content (AvgIpc) is 3.02. The first-order valence-electron chi connectivity index (χ1n) is 10.4. The van der Waals surface area contributed by atoms with Crippen LogP contribution in [0.5, 0.6) is 5.75 Å². The first-order chi connectivity index (χ1) is 15.4. The van der Waals surface area contributed by atoms with Crippen LogP contribution in [0.25, 0.3) is 5.57 Å². The normalized spacial score (nSPS) is 13.7. The Morgan fingerprint density at radius 1 is 0.906 bits per heavy atom. The fourth-order valence-electron chi connectivity index (χ4n) is 3.65. The lowest BCUT2D eigenvalue weighted by molar-refractivity contribution is -0.120. The van der Waals surface area contributed by atoms with Crippen LogP contribution in [-0.4, -0.2) is 18.4 Å². The van der Waals surface area contributed by atoms with Gasteiger partial charge in [-0.05, 0) is 61.7 Å². The Labute approximate surface area is 186 Å². The standard InChI is InChI=1S/C26H23FN2O3/c1-4-32-22-12-8-6-10-20(22)28-24-23(18-14-13-16(2)17(3)15-18)25(30)29(26(24)31)21-11-7-5-9-19(21)27/h5-15,28H,4H2,1-3H3. The third kappa shape index (κ3) is 3.75. The van der Waals surface area contributed by atoms with Crippen molar-refractivity contribution < 1.29 is 18.7 Å². The lowest BCUT2D eigenvalue weighted by atomic mass is 9.99. The summed E-state index contributed by atoms with van der Waals surface area (Å²) in [6.45, 7) is 6.21. The maximum Gasteiger partial charge on any atom is 0.282 e. The summed E-state index contributed by atoms with van der Waals surface area (Å²) in [4.78, 5) is 27.8. The van der Waals surface area contributed by atoms with E-state index in [2.05, 4.69) is 5.32 Å². The second kappa shape index (κ2) is 8.67.